The van der Waals surface area contributed by atoms with Crippen molar-refractivity contribution in [1.29, 1.82) is 0 Å². The number of aryl methyl sites for hydroxylation is 2. The molecule has 1 heterocycles. The van der Waals surface area contributed by atoms with E-state index in [1.54, 1.807) is 18.4 Å². The average molecular weight is 277 g/mol. The van der Waals surface area contributed by atoms with Crippen molar-refractivity contribution in [3.05, 3.63) is 45.4 Å². The van der Waals surface area contributed by atoms with Gasteiger partial charge in [-0.05, 0) is 31.0 Å². The number of hydrazine groups is 1. The van der Waals surface area contributed by atoms with Crippen LogP contribution in [-0.2, 0) is 6.42 Å². The zero-order chi connectivity index (χ0) is 13.8. The lowest BCUT2D eigenvalue weighted by molar-refractivity contribution is 0.411. The second kappa shape index (κ2) is 6.14. The van der Waals surface area contributed by atoms with Gasteiger partial charge in [-0.3, -0.25) is 11.3 Å². The third-order valence-corrected chi connectivity index (χ3v) is 4.06. The molecular weight excluding hydrogens is 258 g/mol. The molecule has 0 aliphatic rings. The van der Waals surface area contributed by atoms with E-state index in [9.17, 15) is 0 Å². The first-order chi connectivity index (χ1) is 9.13. The van der Waals surface area contributed by atoms with Crippen LogP contribution in [0.25, 0.3) is 0 Å². The van der Waals surface area contributed by atoms with Crippen LogP contribution in [0.15, 0.2) is 23.6 Å². The molecule has 0 amide bonds. The van der Waals surface area contributed by atoms with Gasteiger partial charge in [-0.15, -0.1) is 11.3 Å². The maximum atomic E-state index is 5.68. The highest BCUT2D eigenvalue weighted by Gasteiger charge is 2.14. The first-order valence-corrected chi connectivity index (χ1v) is 7.03. The molecule has 1 unspecified atom stereocenters. The highest BCUT2D eigenvalue weighted by molar-refractivity contribution is 7.09. The zero-order valence-corrected chi connectivity index (χ0v) is 12.3. The number of aromatic nitrogens is 1. The summed E-state index contributed by atoms with van der Waals surface area (Å²) in [6, 6.07) is 6.18. The highest BCUT2D eigenvalue weighted by atomic mass is 32.1. The van der Waals surface area contributed by atoms with Crippen LogP contribution >= 0.6 is 11.3 Å². The van der Waals surface area contributed by atoms with E-state index in [1.165, 1.54) is 0 Å². The summed E-state index contributed by atoms with van der Waals surface area (Å²) in [6.07, 6.45) is 0.792. The first-order valence-electron chi connectivity index (χ1n) is 6.15. The van der Waals surface area contributed by atoms with Gasteiger partial charge in [0.05, 0.1) is 18.2 Å². The normalized spacial score (nSPS) is 12.4. The summed E-state index contributed by atoms with van der Waals surface area (Å²) >= 11 is 1.67. The van der Waals surface area contributed by atoms with Gasteiger partial charge in [0.1, 0.15) is 5.75 Å². The fourth-order valence-electron chi connectivity index (χ4n) is 2.06. The monoisotopic (exact) mass is 277 g/mol. The average Bonchev–Trinajstić information content (AvgIpc) is 2.81. The third-order valence-electron chi connectivity index (χ3n) is 3.07. The van der Waals surface area contributed by atoms with E-state index in [0.29, 0.717) is 0 Å². The number of methoxy groups -OCH3 is 1. The van der Waals surface area contributed by atoms with Crippen molar-refractivity contribution in [3.8, 4) is 5.75 Å². The lowest BCUT2D eigenvalue weighted by Gasteiger charge is -2.16. The lowest BCUT2D eigenvalue weighted by atomic mass is 10.0. The predicted molar refractivity (Wildman–Crippen MR) is 78.4 cm³/mol. The number of hydrogen-bond donors (Lipinski definition) is 2. The minimum atomic E-state index is 0.0650. The van der Waals surface area contributed by atoms with E-state index in [-0.39, 0.29) is 6.04 Å². The molecule has 0 aliphatic carbocycles. The molecule has 4 nitrogen and oxygen atoms in total. The van der Waals surface area contributed by atoms with Gasteiger partial charge in [0.25, 0.3) is 0 Å². The van der Waals surface area contributed by atoms with Crippen molar-refractivity contribution in [2.75, 3.05) is 7.11 Å². The summed E-state index contributed by atoms with van der Waals surface area (Å²) in [5, 5.41) is 3.15. The lowest BCUT2D eigenvalue weighted by Crippen LogP contribution is -2.29. The van der Waals surface area contributed by atoms with Crippen molar-refractivity contribution in [2.45, 2.75) is 26.3 Å². The Morgan fingerprint density at radius 2 is 2.21 bits per heavy atom. The minimum Gasteiger partial charge on any atom is -0.496 e. The van der Waals surface area contributed by atoms with Gasteiger partial charge in [-0.1, -0.05) is 12.1 Å². The molecule has 0 spiro atoms. The van der Waals surface area contributed by atoms with Gasteiger partial charge < -0.3 is 4.74 Å². The van der Waals surface area contributed by atoms with Crippen LogP contribution in [0, 0.1) is 13.8 Å². The Kier molecular flexibility index (Phi) is 4.52. The standard InChI is InChI=1S/C14H19N3OS/c1-9-6-11(4-5-13(9)18-3)12(17-15)7-14-16-10(2)8-19-14/h4-6,8,12,17H,7,15H2,1-3H3. The predicted octanol–water partition coefficient (Wildman–Crippen LogP) is 2.52. The molecule has 1 aromatic heterocycles. The molecule has 5 heteroatoms. The molecule has 0 radical (unpaired) electrons. The van der Waals surface area contributed by atoms with Crippen LogP contribution in [0.5, 0.6) is 5.75 Å². The van der Waals surface area contributed by atoms with E-state index in [1.807, 2.05) is 26.0 Å². The molecule has 3 N–H and O–H groups in total. The fourth-order valence-corrected chi connectivity index (χ4v) is 2.88. The van der Waals surface area contributed by atoms with Crippen molar-refractivity contribution in [2.24, 2.45) is 5.84 Å². The molecule has 1 atom stereocenters. The Labute approximate surface area is 117 Å². The van der Waals surface area contributed by atoms with Crippen molar-refractivity contribution in [3.63, 3.8) is 0 Å². The zero-order valence-electron chi connectivity index (χ0n) is 11.4. The molecule has 0 saturated heterocycles. The Bertz CT molecular complexity index is 553. The summed E-state index contributed by atoms with van der Waals surface area (Å²) in [4.78, 5) is 4.48. The summed E-state index contributed by atoms with van der Waals surface area (Å²) in [5.74, 6) is 6.57. The summed E-state index contributed by atoms with van der Waals surface area (Å²) in [7, 11) is 1.68. The van der Waals surface area contributed by atoms with E-state index < -0.39 is 0 Å². The van der Waals surface area contributed by atoms with Crippen LogP contribution in [0.1, 0.15) is 27.9 Å². The molecule has 0 aliphatic heterocycles. The van der Waals surface area contributed by atoms with Gasteiger partial charge >= 0.3 is 0 Å². The maximum Gasteiger partial charge on any atom is 0.121 e. The van der Waals surface area contributed by atoms with Crippen LogP contribution in [0.2, 0.25) is 0 Å². The first kappa shape index (κ1) is 14.0. The topological polar surface area (TPSA) is 60.2 Å². The Morgan fingerprint density at radius 1 is 1.42 bits per heavy atom. The summed E-state index contributed by atoms with van der Waals surface area (Å²) in [5.41, 5.74) is 6.18. The van der Waals surface area contributed by atoms with Crippen molar-refractivity contribution in [1.82, 2.24) is 10.4 Å². The quantitative estimate of drug-likeness (QED) is 0.651. The van der Waals surface area contributed by atoms with Gasteiger partial charge in [0.2, 0.25) is 0 Å². The molecule has 0 saturated carbocycles. The second-order valence-electron chi connectivity index (χ2n) is 4.54. The van der Waals surface area contributed by atoms with E-state index in [0.717, 1.165) is 34.0 Å². The maximum absolute atomic E-state index is 5.68. The Morgan fingerprint density at radius 3 is 2.74 bits per heavy atom. The highest BCUT2D eigenvalue weighted by Crippen LogP contribution is 2.25. The van der Waals surface area contributed by atoms with Gasteiger partial charge in [-0.25, -0.2) is 4.98 Å². The number of hydrogen-bond acceptors (Lipinski definition) is 5. The third kappa shape index (κ3) is 3.32. The van der Waals surface area contributed by atoms with Crippen LogP contribution in [0.4, 0.5) is 0 Å². The van der Waals surface area contributed by atoms with E-state index >= 15 is 0 Å². The molecule has 0 fully saturated rings. The fraction of sp³-hybridized carbons (Fsp3) is 0.357. The van der Waals surface area contributed by atoms with E-state index in [2.05, 4.69) is 21.9 Å². The molecule has 0 bridgehead atoms. The van der Waals surface area contributed by atoms with Gasteiger partial charge in [-0.2, -0.15) is 0 Å². The van der Waals surface area contributed by atoms with Crippen molar-refractivity contribution < 1.29 is 4.74 Å². The number of thiazole rings is 1. The van der Waals surface area contributed by atoms with E-state index in [4.69, 9.17) is 10.6 Å². The molecule has 1 aromatic carbocycles. The number of benzene rings is 1. The second-order valence-corrected chi connectivity index (χ2v) is 5.48. The molecule has 102 valence electrons. The largest absolute Gasteiger partial charge is 0.496 e. The molecular formula is C14H19N3OS. The van der Waals surface area contributed by atoms with Crippen LogP contribution < -0.4 is 16.0 Å². The van der Waals surface area contributed by atoms with Crippen molar-refractivity contribution >= 4 is 11.3 Å². The Hall–Kier alpha value is -1.43. The number of nitrogens with zero attached hydrogens (tertiary/aromatic N) is 1. The smallest absolute Gasteiger partial charge is 0.121 e. The molecule has 19 heavy (non-hydrogen) atoms. The minimum absolute atomic E-state index is 0.0650. The number of rotatable bonds is 5. The SMILES string of the molecule is COc1ccc(C(Cc2nc(C)cs2)NN)cc1C. The summed E-state index contributed by atoms with van der Waals surface area (Å²) < 4.78 is 5.27. The van der Waals surface area contributed by atoms with Gasteiger partial charge in [0.15, 0.2) is 0 Å². The van der Waals surface area contributed by atoms with Gasteiger partial charge in [0, 0.05) is 17.5 Å². The molecule has 2 aromatic rings. The number of ether oxygens (including phenoxy) is 1. The van der Waals surface area contributed by atoms with Crippen LogP contribution in [0.3, 0.4) is 0 Å². The number of nitrogens with two attached hydrogens (primary N) is 1. The molecule has 2 rings (SSSR count). The summed E-state index contributed by atoms with van der Waals surface area (Å²) in [6.45, 7) is 4.03. The number of nitrogens with one attached hydrogen (secondary N) is 1. The Balaban J connectivity index is 2.19. The van der Waals surface area contributed by atoms with Crippen LogP contribution in [-0.4, -0.2) is 12.1 Å².